The van der Waals surface area contributed by atoms with Gasteiger partial charge in [-0.1, -0.05) is 36.4 Å². The minimum Gasteiger partial charge on any atom is -0.508 e. The van der Waals surface area contributed by atoms with Crippen molar-refractivity contribution in [1.82, 2.24) is 4.31 Å². The van der Waals surface area contributed by atoms with Gasteiger partial charge in [-0.15, -0.1) is 0 Å². The molecule has 22 heavy (non-hydrogen) atoms. The maximum Gasteiger partial charge on any atom is 0.243 e. The number of nitrogens with zero attached hydrogens (tertiary/aromatic N) is 1. The molecule has 6 heteroatoms. The van der Waals surface area contributed by atoms with Crippen molar-refractivity contribution >= 4 is 10.0 Å². The number of phenols is 1. The molecule has 2 aromatic carbocycles. The van der Waals surface area contributed by atoms with Gasteiger partial charge in [0.05, 0.1) is 4.90 Å². The monoisotopic (exact) mass is 318 g/mol. The molecular weight excluding hydrogens is 300 g/mol. The van der Waals surface area contributed by atoms with Crippen LogP contribution in [0.25, 0.3) is 0 Å². The molecule has 0 saturated carbocycles. The quantitative estimate of drug-likeness (QED) is 0.898. The second-order valence-corrected chi connectivity index (χ2v) is 7.44. The molecule has 116 valence electrons. The molecule has 0 aromatic heterocycles. The van der Waals surface area contributed by atoms with Gasteiger partial charge < -0.3 is 10.8 Å². The van der Waals surface area contributed by atoms with Crippen molar-refractivity contribution in [3.63, 3.8) is 0 Å². The van der Waals surface area contributed by atoms with Gasteiger partial charge >= 0.3 is 0 Å². The predicted octanol–water partition coefficient (Wildman–Crippen LogP) is 1.51. The molecule has 5 nitrogen and oxygen atoms in total. The van der Waals surface area contributed by atoms with Gasteiger partial charge in [-0.2, -0.15) is 4.31 Å². The molecule has 0 radical (unpaired) electrons. The molecule has 2 aromatic rings. The molecule has 2 atom stereocenters. The van der Waals surface area contributed by atoms with Crippen LogP contribution in [-0.2, 0) is 10.0 Å². The average Bonchev–Trinajstić information content (AvgIpc) is 2.91. The highest BCUT2D eigenvalue weighted by molar-refractivity contribution is 7.89. The van der Waals surface area contributed by atoms with Gasteiger partial charge in [0.25, 0.3) is 0 Å². The molecule has 1 aliphatic heterocycles. The number of benzene rings is 2. The first-order valence-electron chi connectivity index (χ1n) is 7.08. The minimum atomic E-state index is -3.64. The normalized spacial score (nSPS) is 22.8. The first kappa shape index (κ1) is 15.0. The number of sulfonamides is 1. The van der Waals surface area contributed by atoms with Crippen LogP contribution in [-0.4, -0.2) is 37.0 Å². The van der Waals surface area contributed by atoms with Crippen LogP contribution in [0, 0.1) is 0 Å². The summed E-state index contributed by atoms with van der Waals surface area (Å²) in [5, 5.41) is 9.49. The van der Waals surface area contributed by atoms with Crippen LogP contribution in [0.2, 0.25) is 0 Å². The molecule has 1 heterocycles. The van der Waals surface area contributed by atoms with Crippen LogP contribution in [0.1, 0.15) is 11.5 Å². The summed E-state index contributed by atoms with van der Waals surface area (Å²) in [6.07, 6.45) is 0. The summed E-state index contributed by atoms with van der Waals surface area (Å²) in [7, 11) is -3.64. The Labute approximate surface area is 130 Å². The SMILES string of the molecule is N[C@@H]1CN(S(=O)(=O)c2cccc(O)c2)C[C@H]1c1ccccc1. The Hall–Kier alpha value is -1.89. The lowest BCUT2D eigenvalue weighted by Gasteiger charge is -2.16. The summed E-state index contributed by atoms with van der Waals surface area (Å²) in [6, 6.07) is 15.2. The summed E-state index contributed by atoms with van der Waals surface area (Å²) >= 11 is 0. The van der Waals surface area contributed by atoms with Crippen LogP contribution >= 0.6 is 0 Å². The molecule has 0 aliphatic carbocycles. The Bertz CT molecular complexity index is 762. The van der Waals surface area contributed by atoms with Crippen molar-refractivity contribution in [2.24, 2.45) is 5.73 Å². The van der Waals surface area contributed by atoms with Gasteiger partial charge in [0.1, 0.15) is 5.75 Å². The lowest BCUT2D eigenvalue weighted by Crippen LogP contribution is -2.32. The summed E-state index contributed by atoms with van der Waals surface area (Å²) in [4.78, 5) is 0.0911. The van der Waals surface area contributed by atoms with Crippen molar-refractivity contribution in [3.05, 3.63) is 60.2 Å². The van der Waals surface area contributed by atoms with E-state index in [9.17, 15) is 13.5 Å². The fraction of sp³-hybridized carbons (Fsp3) is 0.250. The number of aromatic hydroxyl groups is 1. The van der Waals surface area contributed by atoms with E-state index < -0.39 is 10.0 Å². The lowest BCUT2D eigenvalue weighted by atomic mass is 9.95. The van der Waals surface area contributed by atoms with Gasteiger partial charge in [-0.25, -0.2) is 8.42 Å². The Morgan fingerprint density at radius 2 is 1.77 bits per heavy atom. The fourth-order valence-electron chi connectivity index (χ4n) is 2.83. The number of nitrogens with two attached hydrogens (primary N) is 1. The van der Waals surface area contributed by atoms with Gasteiger partial charge in [-0.05, 0) is 23.8 Å². The molecular formula is C16H18N2O3S. The average molecular weight is 318 g/mol. The third-order valence-electron chi connectivity index (χ3n) is 4.01. The molecule has 0 bridgehead atoms. The molecule has 3 rings (SSSR count). The highest BCUT2D eigenvalue weighted by Crippen LogP contribution is 2.31. The Kier molecular flexibility index (Phi) is 3.90. The van der Waals surface area contributed by atoms with Crippen molar-refractivity contribution < 1.29 is 13.5 Å². The Balaban J connectivity index is 1.88. The van der Waals surface area contributed by atoms with E-state index >= 15 is 0 Å². The van der Waals surface area contributed by atoms with Crippen molar-refractivity contribution in [2.45, 2.75) is 16.9 Å². The number of rotatable bonds is 3. The third-order valence-corrected chi connectivity index (χ3v) is 5.84. The van der Waals surface area contributed by atoms with Crippen molar-refractivity contribution in [1.29, 1.82) is 0 Å². The zero-order valence-corrected chi connectivity index (χ0v) is 12.8. The predicted molar refractivity (Wildman–Crippen MR) is 84.0 cm³/mol. The first-order chi connectivity index (χ1) is 10.5. The van der Waals surface area contributed by atoms with Crippen LogP contribution in [0.3, 0.4) is 0 Å². The molecule has 1 fully saturated rings. The number of hydrogen-bond acceptors (Lipinski definition) is 4. The molecule has 0 spiro atoms. The fourth-order valence-corrected chi connectivity index (χ4v) is 4.38. The van der Waals surface area contributed by atoms with E-state index in [0.29, 0.717) is 6.54 Å². The van der Waals surface area contributed by atoms with E-state index in [1.807, 2.05) is 30.3 Å². The minimum absolute atomic E-state index is 0.0201. The van der Waals surface area contributed by atoms with E-state index in [4.69, 9.17) is 5.73 Å². The van der Waals surface area contributed by atoms with Crippen LogP contribution in [0.5, 0.6) is 5.75 Å². The molecule has 0 unspecified atom stereocenters. The zero-order chi connectivity index (χ0) is 15.7. The molecule has 3 N–H and O–H groups in total. The van der Waals surface area contributed by atoms with E-state index in [1.54, 1.807) is 0 Å². The van der Waals surface area contributed by atoms with Gasteiger partial charge in [0.15, 0.2) is 0 Å². The van der Waals surface area contributed by atoms with Crippen molar-refractivity contribution in [3.8, 4) is 5.75 Å². The maximum absolute atomic E-state index is 12.7. The summed E-state index contributed by atoms with van der Waals surface area (Å²) in [5.41, 5.74) is 7.20. The van der Waals surface area contributed by atoms with E-state index in [0.717, 1.165) is 5.56 Å². The van der Waals surface area contributed by atoms with Crippen molar-refractivity contribution in [2.75, 3.05) is 13.1 Å². The third kappa shape index (κ3) is 2.72. The molecule has 1 aliphatic rings. The van der Waals surface area contributed by atoms with Crippen LogP contribution in [0.4, 0.5) is 0 Å². The molecule has 0 amide bonds. The van der Waals surface area contributed by atoms with E-state index in [2.05, 4.69) is 0 Å². The topological polar surface area (TPSA) is 83.6 Å². The van der Waals surface area contributed by atoms with E-state index in [1.165, 1.54) is 28.6 Å². The largest absolute Gasteiger partial charge is 0.508 e. The number of hydrogen-bond donors (Lipinski definition) is 2. The Morgan fingerprint density at radius 3 is 2.45 bits per heavy atom. The van der Waals surface area contributed by atoms with Gasteiger partial charge in [0.2, 0.25) is 10.0 Å². The first-order valence-corrected chi connectivity index (χ1v) is 8.52. The van der Waals surface area contributed by atoms with Gasteiger partial charge in [0, 0.05) is 25.0 Å². The van der Waals surface area contributed by atoms with Crippen LogP contribution < -0.4 is 5.73 Å². The maximum atomic E-state index is 12.7. The molecule has 1 saturated heterocycles. The summed E-state index contributed by atoms with van der Waals surface area (Å²) in [5.74, 6) is -0.0857. The summed E-state index contributed by atoms with van der Waals surface area (Å²) in [6.45, 7) is 0.626. The second-order valence-electron chi connectivity index (χ2n) is 5.50. The van der Waals surface area contributed by atoms with Gasteiger partial charge in [-0.3, -0.25) is 0 Å². The highest BCUT2D eigenvalue weighted by Gasteiger charge is 2.38. The smallest absolute Gasteiger partial charge is 0.243 e. The highest BCUT2D eigenvalue weighted by atomic mass is 32.2. The van der Waals surface area contributed by atoms with E-state index in [-0.39, 0.29) is 29.1 Å². The number of phenolic OH excluding ortho intramolecular Hbond substituents is 1. The lowest BCUT2D eigenvalue weighted by molar-refractivity contribution is 0.462. The zero-order valence-electron chi connectivity index (χ0n) is 12.0. The summed E-state index contributed by atoms with van der Waals surface area (Å²) < 4.78 is 26.7. The second kappa shape index (κ2) is 5.72. The standard InChI is InChI=1S/C16H18N2O3S/c17-16-11-18(10-15(16)12-5-2-1-3-6-12)22(20,21)14-8-4-7-13(19)9-14/h1-9,15-16,19H,10-11,17H2/t15-,16+/m0/s1. The van der Waals surface area contributed by atoms with Crippen LogP contribution in [0.15, 0.2) is 59.5 Å². The Morgan fingerprint density at radius 1 is 1.05 bits per heavy atom.